The Morgan fingerprint density at radius 2 is 1.82 bits per heavy atom. The predicted molar refractivity (Wildman–Crippen MR) is 78.0 cm³/mol. The highest BCUT2D eigenvalue weighted by Crippen LogP contribution is 2.34. The van der Waals surface area contributed by atoms with E-state index < -0.39 is 17.6 Å². The van der Waals surface area contributed by atoms with Crippen molar-refractivity contribution in [3.8, 4) is 0 Å². The molecule has 0 saturated heterocycles. The number of carbonyl (C=O) groups is 1. The first kappa shape index (κ1) is 15.8. The van der Waals surface area contributed by atoms with E-state index >= 15 is 0 Å². The fourth-order valence-electron chi connectivity index (χ4n) is 1.96. The van der Waals surface area contributed by atoms with Crippen LogP contribution in [-0.4, -0.2) is 25.0 Å². The van der Waals surface area contributed by atoms with Crippen molar-refractivity contribution in [2.24, 2.45) is 0 Å². The maximum atomic E-state index is 12.9. The van der Waals surface area contributed by atoms with Crippen LogP contribution in [-0.2, 0) is 6.18 Å². The molecule has 0 atom stereocenters. The number of alkyl halides is 3. The Bertz CT molecular complexity index is 684. The standard InChI is InChI=1S/C15H14F3N3O/c1-21(2)13-10(6-5-9-19-13)14(22)20-12-8-4-3-7-11(12)15(16,17)18/h3-9H,1-2H3,(H,20,22). The quantitative estimate of drug-likeness (QED) is 0.945. The number of pyridine rings is 1. The first-order valence-electron chi connectivity index (χ1n) is 6.40. The van der Waals surface area contributed by atoms with Crippen molar-refractivity contribution in [2.45, 2.75) is 6.18 Å². The molecule has 1 amide bonds. The predicted octanol–water partition coefficient (Wildman–Crippen LogP) is 3.42. The molecular formula is C15H14F3N3O. The van der Waals surface area contributed by atoms with E-state index in [0.717, 1.165) is 6.07 Å². The number of hydrogen-bond acceptors (Lipinski definition) is 3. The topological polar surface area (TPSA) is 45.2 Å². The van der Waals surface area contributed by atoms with E-state index in [9.17, 15) is 18.0 Å². The van der Waals surface area contributed by atoms with Crippen LogP contribution in [0.15, 0.2) is 42.6 Å². The number of nitrogens with one attached hydrogen (secondary N) is 1. The fraction of sp³-hybridized carbons (Fsp3) is 0.200. The van der Waals surface area contributed by atoms with Gasteiger partial charge in [0, 0.05) is 20.3 Å². The minimum absolute atomic E-state index is 0.199. The number of nitrogens with zero attached hydrogens (tertiary/aromatic N) is 2. The monoisotopic (exact) mass is 309 g/mol. The minimum atomic E-state index is -4.54. The highest BCUT2D eigenvalue weighted by atomic mass is 19.4. The molecule has 1 aromatic carbocycles. The Morgan fingerprint density at radius 1 is 1.14 bits per heavy atom. The molecule has 0 aliphatic heterocycles. The average Bonchev–Trinajstić information content (AvgIpc) is 2.46. The molecule has 7 heteroatoms. The third-order valence-corrected chi connectivity index (χ3v) is 2.94. The Morgan fingerprint density at radius 3 is 2.45 bits per heavy atom. The molecule has 22 heavy (non-hydrogen) atoms. The molecule has 0 aliphatic rings. The zero-order valence-electron chi connectivity index (χ0n) is 12.0. The van der Waals surface area contributed by atoms with Crippen molar-refractivity contribution in [2.75, 3.05) is 24.3 Å². The molecule has 0 spiro atoms. The van der Waals surface area contributed by atoms with Gasteiger partial charge in [0.15, 0.2) is 0 Å². The summed E-state index contributed by atoms with van der Waals surface area (Å²) in [5, 5.41) is 2.30. The Labute approximate surface area is 125 Å². The van der Waals surface area contributed by atoms with Crippen molar-refractivity contribution in [3.63, 3.8) is 0 Å². The molecule has 2 rings (SSSR count). The molecule has 0 aliphatic carbocycles. The Balaban J connectivity index is 2.35. The van der Waals surface area contributed by atoms with E-state index in [0.29, 0.717) is 5.82 Å². The van der Waals surface area contributed by atoms with Crippen LogP contribution < -0.4 is 10.2 Å². The van der Waals surface area contributed by atoms with E-state index in [1.807, 2.05) is 0 Å². The number of benzene rings is 1. The Kier molecular flexibility index (Phi) is 4.35. The largest absolute Gasteiger partial charge is 0.418 e. The van der Waals surface area contributed by atoms with Crippen LogP contribution in [0.2, 0.25) is 0 Å². The number of hydrogen-bond donors (Lipinski definition) is 1. The van der Waals surface area contributed by atoms with Crippen molar-refractivity contribution >= 4 is 17.4 Å². The molecule has 0 saturated carbocycles. The summed E-state index contributed by atoms with van der Waals surface area (Å²) < 4.78 is 38.8. The maximum absolute atomic E-state index is 12.9. The van der Waals surface area contributed by atoms with Gasteiger partial charge in [0.1, 0.15) is 5.82 Å². The molecule has 4 nitrogen and oxygen atoms in total. The second kappa shape index (κ2) is 6.05. The number of carbonyl (C=O) groups excluding carboxylic acids is 1. The van der Waals surface area contributed by atoms with Gasteiger partial charge in [-0.1, -0.05) is 12.1 Å². The summed E-state index contributed by atoms with van der Waals surface area (Å²) in [5.41, 5.74) is -0.975. The van der Waals surface area contributed by atoms with Crippen molar-refractivity contribution in [3.05, 3.63) is 53.7 Å². The van der Waals surface area contributed by atoms with E-state index in [2.05, 4.69) is 10.3 Å². The number of para-hydroxylation sites is 1. The average molecular weight is 309 g/mol. The first-order chi connectivity index (χ1) is 10.3. The summed E-state index contributed by atoms with van der Waals surface area (Å²) in [6.45, 7) is 0. The second-order valence-corrected chi connectivity index (χ2v) is 4.77. The van der Waals surface area contributed by atoms with Gasteiger partial charge in [-0.2, -0.15) is 13.2 Å². The number of rotatable bonds is 3. The van der Waals surface area contributed by atoms with Crippen LogP contribution in [0.1, 0.15) is 15.9 Å². The number of aromatic nitrogens is 1. The molecule has 2 aromatic rings. The second-order valence-electron chi connectivity index (χ2n) is 4.77. The molecular weight excluding hydrogens is 295 g/mol. The zero-order valence-corrected chi connectivity index (χ0v) is 12.0. The third kappa shape index (κ3) is 3.36. The number of halogens is 3. The van der Waals surface area contributed by atoms with Gasteiger partial charge in [-0.15, -0.1) is 0 Å². The zero-order chi connectivity index (χ0) is 16.3. The highest BCUT2D eigenvalue weighted by Gasteiger charge is 2.33. The summed E-state index contributed by atoms with van der Waals surface area (Å²) in [6, 6.07) is 7.90. The molecule has 0 fully saturated rings. The Hall–Kier alpha value is -2.57. The van der Waals surface area contributed by atoms with Crippen molar-refractivity contribution in [1.29, 1.82) is 0 Å². The minimum Gasteiger partial charge on any atom is -0.362 e. The maximum Gasteiger partial charge on any atom is 0.418 e. The van der Waals surface area contributed by atoms with E-state index in [-0.39, 0.29) is 11.3 Å². The van der Waals surface area contributed by atoms with Gasteiger partial charge in [0.2, 0.25) is 0 Å². The summed E-state index contributed by atoms with van der Waals surface area (Å²) in [7, 11) is 3.39. The van der Waals surface area contributed by atoms with Crippen LogP contribution in [0.25, 0.3) is 0 Å². The van der Waals surface area contributed by atoms with Gasteiger partial charge < -0.3 is 10.2 Å². The molecule has 0 bridgehead atoms. The third-order valence-electron chi connectivity index (χ3n) is 2.94. The van der Waals surface area contributed by atoms with Gasteiger partial charge in [0.05, 0.1) is 16.8 Å². The van der Waals surface area contributed by atoms with Crippen LogP contribution in [0.3, 0.4) is 0 Å². The van der Waals surface area contributed by atoms with Crippen LogP contribution in [0.5, 0.6) is 0 Å². The SMILES string of the molecule is CN(C)c1ncccc1C(=O)Nc1ccccc1C(F)(F)F. The van der Waals surface area contributed by atoms with Crippen LogP contribution >= 0.6 is 0 Å². The lowest BCUT2D eigenvalue weighted by Gasteiger charge is -2.17. The number of amides is 1. The van der Waals surface area contributed by atoms with Gasteiger partial charge in [-0.25, -0.2) is 4.98 Å². The van der Waals surface area contributed by atoms with E-state index in [1.54, 1.807) is 25.1 Å². The molecule has 0 radical (unpaired) electrons. The lowest BCUT2D eigenvalue weighted by atomic mass is 10.1. The lowest BCUT2D eigenvalue weighted by Crippen LogP contribution is -2.21. The number of anilines is 2. The summed E-state index contributed by atoms with van der Waals surface area (Å²) in [4.78, 5) is 17.9. The van der Waals surface area contributed by atoms with Crippen LogP contribution in [0, 0.1) is 0 Å². The lowest BCUT2D eigenvalue weighted by molar-refractivity contribution is -0.136. The smallest absolute Gasteiger partial charge is 0.362 e. The summed E-state index contributed by atoms with van der Waals surface area (Å²) in [6.07, 6.45) is -3.03. The van der Waals surface area contributed by atoms with E-state index in [4.69, 9.17) is 0 Å². The molecule has 1 N–H and O–H groups in total. The summed E-state index contributed by atoms with van der Waals surface area (Å²) in [5.74, 6) is -0.266. The molecule has 0 unspecified atom stereocenters. The van der Waals surface area contributed by atoms with Gasteiger partial charge in [0.25, 0.3) is 5.91 Å². The first-order valence-corrected chi connectivity index (χ1v) is 6.40. The van der Waals surface area contributed by atoms with Crippen LogP contribution in [0.4, 0.5) is 24.7 Å². The highest BCUT2D eigenvalue weighted by molar-refractivity contribution is 6.07. The molecule has 116 valence electrons. The summed E-state index contributed by atoms with van der Waals surface area (Å²) >= 11 is 0. The molecule has 1 heterocycles. The normalized spacial score (nSPS) is 11.1. The van der Waals surface area contributed by atoms with E-state index in [1.165, 1.54) is 30.5 Å². The van der Waals surface area contributed by atoms with Crippen molar-refractivity contribution < 1.29 is 18.0 Å². The van der Waals surface area contributed by atoms with Crippen molar-refractivity contribution in [1.82, 2.24) is 4.98 Å². The van der Waals surface area contributed by atoms with Gasteiger partial charge in [-0.3, -0.25) is 4.79 Å². The van der Waals surface area contributed by atoms with Gasteiger partial charge >= 0.3 is 6.18 Å². The molecule has 1 aromatic heterocycles. The fourth-order valence-corrected chi connectivity index (χ4v) is 1.96. The van der Waals surface area contributed by atoms with Gasteiger partial charge in [-0.05, 0) is 24.3 Å².